The molecule has 0 radical (unpaired) electrons. The number of aldehydes is 1. The third-order valence-corrected chi connectivity index (χ3v) is 4.66. The van der Waals surface area contributed by atoms with Crippen LogP contribution in [0.2, 0.25) is 6.04 Å². The Kier molecular flexibility index (Phi) is 5.93. The molecule has 1 rings (SSSR count). The highest BCUT2D eigenvalue weighted by Gasteiger charge is 2.15. The second kappa shape index (κ2) is 7.24. The first-order valence-corrected chi connectivity index (χ1v) is 7.79. The fourth-order valence-corrected chi connectivity index (χ4v) is 3.32. The number of hydrogen-bond donors (Lipinski definition) is 0. The number of carbonyl (C=O) groups excluding carboxylic acids is 1. The van der Waals surface area contributed by atoms with Gasteiger partial charge in [0.25, 0.3) is 0 Å². The van der Waals surface area contributed by atoms with Gasteiger partial charge in [-0.15, -0.1) is 0 Å². The van der Waals surface area contributed by atoms with Gasteiger partial charge in [-0.2, -0.15) is 0 Å². The lowest BCUT2D eigenvalue weighted by atomic mass is 10.2. The molecule has 0 heterocycles. The quantitative estimate of drug-likeness (QED) is 0.553. The molecule has 1 aromatic rings. The molecule has 0 aliphatic carbocycles. The standard InChI is InChI=1S/C13H20O3Si/c1-4-9-17(15-11(2)3)16-13-7-5-12(10-14)6-8-13/h5-8,10-11,17H,4,9H2,1-3H3. The van der Waals surface area contributed by atoms with E-state index in [1.54, 1.807) is 12.1 Å². The summed E-state index contributed by atoms with van der Waals surface area (Å²) in [6.07, 6.45) is 2.10. The van der Waals surface area contributed by atoms with Gasteiger partial charge in [0, 0.05) is 11.7 Å². The molecule has 94 valence electrons. The van der Waals surface area contributed by atoms with Crippen molar-refractivity contribution in [2.24, 2.45) is 0 Å². The molecule has 0 aromatic heterocycles. The van der Waals surface area contributed by atoms with E-state index in [9.17, 15) is 4.79 Å². The molecule has 4 heteroatoms. The first-order valence-electron chi connectivity index (χ1n) is 6.03. The van der Waals surface area contributed by atoms with E-state index >= 15 is 0 Å². The van der Waals surface area contributed by atoms with Gasteiger partial charge in [-0.1, -0.05) is 13.3 Å². The van der Waals surface area contributed by atoms with Gasteiger partial charge >= 0.3 is 9.28 Å². The fourth-order valence-electron chi connectivity index (χ4n) is 1.47. The summed E-state index contributed by atoms with van der Waals surface area (Å²) in [4.78, 5) is 10.5. The van der Waals surface area contributed by atoms with E-state index in [0.29, 0.717) is 5.56 Å². The Morgan fingerprint density at radius 2 is 1.94 bits per heavy atom. The molecule has 17 heavy (non-hydrogen) atoms. The maximum atomic E-state index is 10.5. The molecule has 0 saturated heterocycles. The molecule has 0 bridgehead atoms. The minimum Gasteiger partial charge on any atom is -0.522 e. The van der Waals surface area contributed by atoms with Crippen LogP contribution in [0, 0.1) is 0 Å². The maximum absolute atomic E-state index is 10.5. The summed E-state index contributed by atoms with van der Waals surface area (Å²) < 4.78 is 11.7. The van der Waals surface area contributed by atoms with E-state index in [4.69, 9.17) is 8.85 Å². The molecule has 0 aliphatic rings. The average molecular weight is 252 g/mol. The van der Waals surface area contributed by atoms with E-state index in [1.807, 2.05) is 26.0 Å². The minimum atomic E-state index is -1.63. The van der Waals surface area contributed by atoms with Crippen LogP contribution in [0.25, 0.3) is 0 Å². The Labute approximate surface area is 105 Å². The lowest BCUT2D eigenvalue weighted by molar-refractivity contribution is 0.112. The van der Waals surface area contributed by atoms with Crippen molar-refractivity contribution in [2.75, 3.05) is 0 Å². The molecule has 0 fully saturated rings. The van der Waals surface area contributed by atoms with Gasteiger partial charge in [-0.05, 0) is 44.2 Å². The molecule has 1 unspecified atom stereocenters. The Morgan fingerprint density at radius 3 is 2.41 bits per heavy atom. The molecule has 0 spiro atoms. The molecule has 0 N–H and O–H groups in total. The Hall–Kier alpha value is -1.13. The second-order valence-corrected chi connectivity index (χ2v) is 6.15. The van der Waals surface area contributed by atoms with Crippen LogP contribution in [-0.4, -0.2) is 21.7 Å². The molecular formula is C13H20O3Si. The first-order chi connectivity index (χ1) is 8.15. The van der Waals surface area contributed by atoms with Gasteiger partial charge < -0.3 is 8.85 Å². The van der Waals surface area contributed by atoms with Crippen LogP contribution in [0.3, 0.4) is 0 Å². The lowest BCUT2D eigenvalue weighted by Gasteiger charge is -2.19. The summed E-state index contributed by atoms with van der Waals surface area (Å²) >= 11 is 0. The van der Waals surface area contributed by atoms with E-state index in [1.165, 1.54) is 0 Å². The normalized spacial score (nSPS) is 12.5. The van der Waals surface area contributed by atoms with Gasteiger partial charge in [0.2, 0.25) is 0 Å². The lowest BCUT2D eigenvalue weighted by Crippen LogP contribution is -2.29. The van der Waals surface area contributed by atoms with E-state index in [-0.39, 0.29) is 6.10 Å². The van der Waals surface area contributed by atoms with Gasteiger partial charge in [0.1, 0.15) is 12.0 Å². The highest BCUT2D eigenvalue weighted by Crippen LogP contribution is 2.15. The van der Waals surface area contributed by atoms with Crippen molar-refractivity contribution in [3.05, 3.63) is 29.8 Å². The summed E-state index contributed by atoms with van der Waals surface area (Å²) in [5.41, 5.74) is 0.663. The summed E-state index contributed by atoms with van der Waals surface area (Å²) in [6, 6.07) is 8.16. The van der Waals surface area contributed by atoms with Crippen molar-refractivity contribution in [1.29, 1.82) is 0 Å². The van der Waals surface area contributed by atoms with Crippen LogP contribution in [-0.2, 0) is 4.43 Å². The Bertz CT molecular complexity index is 335. The molecule has 0 saturated carbocycles. The largest absolute Gasteiger partial charge is 0.522 e. The van der Waals surface area contributed by atoms with Crippen LogP contribution in [0.5, 0.6) is 5.75 Å². The molecule has 0 aliphatic heterocycles. The van der Waals surface area contributed by atoms with Crippen molar-refractivity contribution in [3.8, 4) is 5.75 Å². The number of benzene rings is 1. The van der Waals surface area contributed by atoms with Crippen molar-refractivity contribution in [1.82, 2.24) is 0 Å². The Morgan fingerprint density at radius 1 is 1.29 bits per heavy atom. The monoisotopic (exact) mass is 252 g/mol. The fraction of sp³-hybridized carbons (Fsp3) is 0.462. The smallest absolute Gasteiger partial charge is 0.382 e. The summed E-state index contributed by atoms with van der Waals surface area (Å²) in [6.45, 7) is 6.17. The highest BCUT2D eigenvalue weighted by molar-refractivity contribution is 6.45. The topological polar surface area (TPSA) is 35.5 Å². The first kappa shape index (κ1) is 13.9. The van der Waals surface area contributed by atoms with Gasteiger partial charge in [-0.3, -0.25) is 4.79 Å². The molecular weight excluding hydrogens is 232 g/mol. The Balaban J connectivity index is 2.61. The third kappa shape index (κ3) is 5.15. The molecule has 3 nitrogen and oxygen atoms in total. The van der Waals surface area contributed by atoms with Crippen LogP contribution in [0.4, 0.5) is 0 Å². The number of carbonyl (C=O) groups is 1. The SMILES string of the molecule is CCC[SiH](Oc1ccc(C=O)cc1)OC(C)C. The highest BCUT2D eigenvalue weighted by atomic mass is 28.3. The maximum Gasteiger partial charge on any atom is 0.382 e. The third-order valence-electron chi connectivity index (χ3n) is 2.23. The van der Waals surface area contributed by atoms with Crippen LogP contribution < -0.4 is 4.43 Å². The molecule has 1 atom stereocenters. The summed E-state index contributed by atoms with van der Waals surface area (Å²) in [5, 5.41) is 0. The zero-order chi connectivity index (χ0) is 12.7. The van der Waals surface area contributed by atoms with Crippen molar-refractivity contribution in [2.45, 2.75) is 39.3 Å². The zero-order valence-corrected chi connectivity index (χ0v) is 11.8. The van der Waals surface area contributed by atoms with Crippen molar-refractivity contribution < 1.29 is 13.6 Å². The van der Waals surface area contributed by atoms with Crippen LogP contribution in [0.1, 0.15) is 37.6 Å². The van der Waals surface area contributed by atoms with E-state index in [0.717, 1.165) is 24.5 Å². The van der Waals surface area contributed by atoms with E-state index < -0.39 is 9.28 Å². The van der Waals surface area contributed by atoms with E-state index in [2.05, 4.69) is 6.92 Å². The molecule has 1 aromatic carbocycles. The van der Waals surface area contributed by atoms with Crippen molar-refractivity contribution in [3.63, 3.8) is 0 Å². The number of rotatable bonds is 7. The predicted molar refractivity (Wildman–Crippen MR) is 70.9 cm³/mol. The zero-order valence-electron chi connectivity index (χ0n) is 10.7. The van der Waals surface area contributed by atoms with Gasteiger partial charge in [-0.25, -0.2) is 0 Å². The predicted octanol–water partition coefficient (Wildman–Crippen LogP) is 2.93. The molecule has 0 amide bonds. The summed E-state index contributed by atoms with van der Waals surface area (Å²) in [5.74, 6) is 0.793. The van der Waals surface area contributed by atoms with Crippen molar-refractivity contribution >= 4 is 15.6 Å². The average Bonchev–Trinajstić information content (AvgIpc) is 2.29. The van der Waals surface area contributed by atoms with Gasteiger partial charge in [0.05, 0.1) is 0 Å². The summed E-state index contributed by atoms with van der Waals surface area (Å²) in [7, 11) is -1.63. The van der Waals surface area contributed by atoms with Crippen LogP contribution >= 0.6 is 0 Å². The van der Waals surface area contributed by atoms with Gasteiger partial charge in [0.15, 0.2) is 0 Å². The second-order valence-electron chi connectivity index (χ2n) is 4.21. The van der Waals surface area contributed by atoms with Crippen LogP contribution in [0.15, 0.2) is 24.3 Å². The number of hydrogen-bond acceptors (Lipinski definition) is 3. The minimum absolute atomic E-state index is 0.201.